The molecule has 1 N–H and O–H groups in total. The third kappa shape index (κ3) is 5.90. The fraction of sp³-hybridized carbons (Fsp3) is 0.667. The number of benzene rings is 1. The second kappa shape index (κ2) is 10.3. The lowest BCUT2D eigenvalue weighted by molar-refractivity contribution is -0.129. The molecule has 2 amide bonds. The zero-order valence-corrected chi connectivity index (χ0v) is 20.5. The van der Waals surface area contributed by atoms with E-state index in [-0.39, 0.29) is 46.9 Å². The van der Waals surface area contributed by atoms with Gasteiger partial charge in [0.1, 0.15) is 0 Å². The van der Waals surface area contributed by atoms with Crippen molar-refractivity contribution in [1.29, 1.82) is 0 Å². The van der Waals surface area contributed by atoms with Crippen LogP contribution in [0, 0.1) is 17.8 Å². The molecule has 0 aromatic heterocycles. The van der Waals surface area contributed by atoms with E-state index < -0.39 is 10.0 Å². The van der Waals surface area contributed by atoms with Crippen molar-refractivity contribution < 1.29 is 18.0 Å². The van der Waals surface area contributed by atoms with Crippen LogP contribution < -0.4 is 5.32 Å². The maximum absolute atomic E-state index is 13.1. The number of anilines is 1. The zero-order chi connectivity index (χ0) is 23.5. The molecule has 2 fully saturated rings. The maximum atomic E-state index is 13.1. The molecule has 0 spiro atoms. The fourth-order valence-corrected chi connectivity index (χ4v) is 6.43. The van der Waals surface area contributed by atoms with E-state index in [1.165, 1.54) is 4.31 Å². The van der Waals surface area contributed by atoms with Gasteiger partial charge in [-0.2, -0.15) is 4.31 Å². The van der Waals surface area contributed by atoms with Crippen molar-refractivity contribution in [2.75, 3.05) is 25.0 Å². The maximum Gasteiger partial charge on any atom is 0.243 e. The quantitative estimate of drug-likeness (QED) is 0.605. The fourth-order valence-electron chi connectivity index (χ4n) is 4.67. The van der Waals surface area contributed by atoms with Gasteiger partial charge in [-0.1, -0.05) is 40.5 Å². The first-order valence-corrected chi connectivity index (χ1v) is 13.2. The zero-order valence-electron chi connectivity index (χ0n) is 19.7. The molecule has 2 aliphatic rings. The molecule has 3 rings (SSSR count). The van der Waals surface area contributed by atoms with Gasteiger partial charge in [-0.25, -0.2) is 8.42 Å². The first-order chi connectivity index (χ1) is 15.1. The van der Waals surface area contributed by atoms with Crippen molar-refractivity contribution in [2.24, 2.45) is 17.8 Å². The summed E-state index contributed by atoms with van der Waals surface area (Å²) in [5, 5.41) is 2.86. The Morgan fingerprint density at radius 2 is 1.62 bits per heavy atom. The molecule has 1 aliphatic heterocycles. The van der Waals surface area contributed by atoms with Crippen molar-refractivity contribution in [3.05, 3.63) is 24.3 Å². The van der Waals surface area contributed by atoms with E-state index in [0.29, 0.717) is 25.3 Å². The highest BCUT2D eigenvalue weighted by Gasteiger charge is 2.38. The summed E-state index contributed by atoms with van der Waals surface area (Å²) in [6.07, 6.45) is 4.59. The monoisotopic (exact) mass is 463 g/mol. The lowest BCUT2D eigenvalue weighted by atomic mass is 10.1. The molecular weight excluding hydrogens is 426 g/mol. The lowest BCUT2D eigenvalue weighted by Gasteiger charge is -2.25. The van der Waals surface area contributed by atoms with Gasteiger partial charge in [0.25, 0.3) is 0 Å². The largest absolute Gasteiger partial charge is 0.339 e. The summed E-state index contributed by atoms with van der Waals surface area (Å²) in [4.78, 5) is 27.2. The minimum Gasteiger partial charge on any atom is -0.339 e. The summed E-state index contributed by atoms with van der Waals surface area (Å²) in [6.45, 7) is 9.41. The summed E-state index contributed by atoms with van der Waals surface area (Å²) in [6, 6.07) is 6.62. The summed E-state index contributed by atoms with van der Waals surface area (Å²) >= 11 is 0. The Labute approximate surface area is 192 Å². The van der Waals surface area contributed by atoms with Crippen molar-refractivity contribution >= 4 is 27.5 Å². The Bertz CT molecular complexity index is 896. The number of sulfonamides is 1. The predicted octanol–water partition coefficient (Wildman–Crippen LogP) is 3.72. The van der Waals surface area contributed by atoms with Crippen LogP contribution >= 0.6 is 0 Å². The van der Waals surface area contributed by atoms with Gasteiger partial charge in [0.05, 0.1) is 10.8 Å². The second-order valence-corrected chi connectivity index (χ2v) is 11.9. The van der Waals surface area contributed by atoms with E-state index in [0.717, 1.165) is 25.7 Å². The lowest BCUT2D eigenvalue weighted by Crippen LogP contribution is -2.37. The molecular formula is C24H37N3O4S. The van der Waals surface area contributed by atoms with E-state index in [4.69, 9.17) is 0 Å². The number of carbonyl (C=O) groups excluding carboxylic acids is 2. The van der Waals surface area contributed by atoms with Crippen molar-refractivity contribution in [1.82, 2.24) is 9.21 Å². The third-order valence-electron chi connectivity index (χ3n) is 6.19. The van der Waals surface area contributed by atoms with E-state index in [9.17, 15) is 18.0 Å². The SMILES string of the molecule is CC(C)CN(CC(C)C)S(=O)(=O)c1ccc(NC(=O)C2CC(=O)N(C3CCCC3)C2)cc1. The van der Waals surface area contributed by atoms with Gasteiger partial charge in [-0.3, -0.25) is 9.59 Å². The number of rotatable bonds is 9. The molecule has 1 aromatic rings. The molecule has 0 bridgehead atoms. The van der Waals surface area contributed by atoms with Crippen LogP contribution in [0.2, 0.25) is 0 Å². The van der Waals surface area contributed by atoms with Crippen LogP contribution in [-0.4, -0.2) is 55.1 Å². The van der Waals surface area contributed by atoms with E-state index >= 15 is 0 Å². The molecule has 8 heteroatoms. The number of nitrogens with one attached hydrogen (secondary N) is 1. The summed E-state index contributed by atoms with van der Waals surface area (Å²) in [5.41, 5.74) is 0.542. The highest BCUT2D eigenvalue weighted by Crippen LogP contribution is 2.30. The summed E-state index contributed by atoms with van der Waals surface area (Å²) in [7, 11) is -3.61. The molecule has 7 nitrogen and oxygen atoms in total. The van der Waals surface area contributed by atoms with E-state index in [1.807, 2.05) is 32.6 Å². The molecule has 0 radical (unpaired) electrons. The number of hydrogen-bond acceptors (Lipinski definition) is 4. The van der Waals surface area contributed by atoms with Gasteiger partial charge in [0.2, 0.25) is 21.8 Å². The van der Waals surface area contributed by atoms with Crippen LogP contribution in [-0.2, 0) is 19.6 Å². The van der Waals surface area contributed by atoms with Crippen molar-refractivity contribution in [3.8, 4) is 0 Å². The molecule has 32 heavy (non-hydrogen) atoms. The number of likely N-dealkylation sites (tertiary alicyclic amines) is 1. The van der Waals surface area contributed by atoms with Crippen LogP contribution in [0.3, 0.4) is 0 Å². The average molecular weight is 464 g/mol. The molecule has 1 atom stereocenters. The number of amides is 2. The van der Waals surface area contributed by atoms with Crippen LogP contribution in [0.25, 0.3) is 0 Å². The number of nitrogens with zero attached hydrogens (tertiary/aromatic N) is 2. The van der Waals surface area contributed by atoms with Crippen LogP contribution in [0.5, 0.6) is 0 Å². The molecule has 1 heterocycles. The predicted molar refractivity (Wildman–Crippen MR) is 126 cm³/mol. The number of hydrogen-bond donors (Lipinski definition) is 1. The van der Waals surface area contributed by atoms with Gasteiger partial charge in [0.15, 0.2) is 0 Å². The highest BCUT2D eigenvalue weighted by molar-refractivity contribution is 7.89. The Morgan fingerprint density at radius 3 is 2.16 bits per heavy atom. The summed E-state index contributed by atoms with van der Waals surface area (Å²) in [5.74, 6) is -0.0383. The van der Waals surface area contributed by atoms with Crippen molar-refractivity contribution in [3.63, 3.8) is 0 Å². The molecule has 1 unspecified atom stereocenters. The second-order valence-electron chi connectivity index (χ2n) is 10.0. The first-order valence-electron chi connectivity index (χ1n) is 11.8. The Kier molecular flexibility index (Phi) is 7.98. The van der Waals surface area contributed by atoms with E-state index in [1.54, 1.807) is 24.3 Å². The van der Waals surface area contributed by atoms with Gasteiger partial charge >= 0.3 is 0 Å². The van der Waals surface area contributed by atoms with Crippen molar-refractivity contribution in [2.45, 2.75) is 70.7 Å². The Hall–Kier alpha value is -1.93. The number of carbonyl (C=O) groups is 2. The average Bonchev–Trinajstić information content (AvgIpc) is 3.36. The van der Waals surface area contributed by atoms with Gasteiger partial charge in [0, 0.05) is 37.8 Å². The Balaban J connectivity index is 1.64. The first kappa shape index (κ1) is 24.7. The highest BCUT2D eigenvalue weighted by atomic mass is 32.2. The van der Waals surface area contributed by atoms with Gasteiger partial charge < -0.3 is 10.2 Å². The van der Waals surface area contributed by atoms with Gasteiger partial charge in [-0.05, 0) is 48.9 Å². The molecule has 1 aliphatic carbocycles. The standard InChI is InChI=1S/C24H37N3O4S/c1-17(2)14-26(15-18(3)4)32(30,31)22-11-9-20(10-12-22)25-24(29)19-13-23(28)27(16-19)21-7-5-6-8-21/h9-12,17-19,21H,5-8,13-16H2,1-4H3,(H,25,29). The minimum absolute atomic E-state index is 0.0638. The normalized spacial score (nSPS) is 20.2. The third-order valence-corrected chi connectivity index (χ3v) is 8.04. The van der Waals surface area contributed by atoms with E-state index in [2.05, 4.69) is 5.32 Å². The molecule has 178 valence electrons. The Morgan fingerprint density at radius 1 is 1.06 bits per heavy atom. The summed E-state index contributed by atoms with van der Waals surface area (Å²) < 4.78 is 27.8. The molecule has 1 aromatic carbocycles. The minimum atomic E-state index is -3.61. The van der Waals surface area contributed by atoms with Gasteiger partial charge in [-0.15, -0.1) is 0 Å². The molecule has 1 saturated heterocycles. The topological polar surface area (TPSA) is 86.8 Å². The smallest absolute Gasteiger partial charge is 0.243 e. The van der Waals surface area contributed by atoms with Crippen LogP contribution in [0.15, 0.2) is 29.2 Å². The van der Waals surface area contributed by atoms with Crippen LogP contribution in [0.4, 0.5) is 5.69 Å². The van der Waals surface area contributed by atoms with Crippen LogP contribution in [0.1, 0.15) is 59.8 Å². The molecule has 1 saturated carbocycles.